The van der Waals surface area contributed by atoms with E-state index in [1.165, 1.54) is 13.0 Å². The molecule has 0 aromatic carbocycles. The van der Waals surface area contributed by atoms with Gasteiger partial charge < -0.3 is 9.64 Å². The Bertz CT molecular complexity index is 118. The summed E-state index contributed by atoms with van der Waals surface area (Å²) >= 11 is 0. The summed E-state index contributed by atoms with van der Waals surface area (Å²) in [6.07, 6.45) is 1.22. The van der Waals surface area contributed by atoms with Crippen LogP contribution in [0.5, 0.6) is 0 Å². The normalized spacial score (nSPS) is 12.5. The number of hydrogen-bond donors (Lipinski definition) is 0. The Hall–Kier alpha value is -0.0800. The van der Waals surface area contributed by atoms with Crippen LogP contribution in [0.25, 0.3) is 0 Å². The van der Waals surface area contributed by atoms with Crippen molar-refractivity contribution < 1.29 is 4.74 Å². The maximum absolute atomic E-state index is 5.09. The molecule has 0 aromatic heterocycles. The number of rotatable bonds is 6. The summed E-state index contributed by atoms with van der Waals surface area (Å²) in [6.45, 7) is 13.3. The van der Waals surface area contributed by atoms with E-state index in [1.54, 1.807) is 7.11 Å². The molecule has 0 N–H and O–H groups in total. The van der Waals surface area contributed by atoms with E-state index in [0.717, 1.165) is 19.7 Å². The van der Waals surface area contributed by atoms with Gasteiger partial charge >= 0.3 is 0 Å². The van der Waals surface area contributed by atoms with Crippen molar-refractivity contribution in [3.05, 3.63) is 0 Å². The van der Waals surface area contributed by atoms with E-state index in [-0.39, 0.29) is 0 Å². The highest BCUT2D eigenvalue weighted by atomic mass is 16.5. The summed E-state index contributed by atoms with van der Waals surface area (Å²) < 4.78 is 5.09. The second-order valence-electron chi connectivity index (χ2n) is 4.83. The minimum atomic E-state index is 0.392. The zero-order valence-corrected chi connectivity index (χ0v) is 9.89. The predicted octanol–water partition coefficient (Wildman–Crippen LogP) is 2.39. The van der Waals surface area contributed by atoms with Crippen molar-refractivity contribution in [1.29, 1.82) is 0 Å². The average Bonchev–Trinajstić information content (AvgIpc) is 1.98. The molecule has 0 saturated carbocycles. The number of nitrogens with zero attached hydrogens (tertiary/aromatic N) is 1. The van der Waals surface area contributed by atoms with Crippen molar-refractivity contribution in [3.8, 4) is 0 Å². The molecule has 0 bridgehead atoms. The molecule has 13 heavy (non-hydrogen) atoms. The minimum absolute atomic E-state index is 0.392. The highest BCUT2D eigenvalue weighted by Crippen LogP contribution is 2.14. The molecule has 0 aromatic rings. The van der Waals surface area contributed by atoms with Crippen molar-refractivity contribution in [1.82, 2.24) is 4.90 Å². The molecule has 0 unspecified atom stereocenters. The topological polar surface area (TPSA) is 12.5 Å². The zero-order valence-electron chi connectivity index (χ0n) is 9.89. The predicted molar refractivity (Wildman–Crippen MR) is 58.1 cm³/mol. The second kappa shape index (κ2) is 6.39. The fourth-order valence-corrected chi connectivity index (χ4v) is 1.48. The molecule has 0 aliphatic rings. The van der Waals surface area contributed by atoms with Gasteiger partial charge in [-0.3, -0.25) is 0 Å². The summed E-state index contributed by atoms with van der Waals surface area (Å²) in [5.41, 5.74) is 0.392. The lowest BCUT2D eigenvalue weighted by molar-refractivity contribution is 0.123. The molecule has 0 atom stereocenters. The van der Waals surface area contributed by atoms with Gasteiger partial charge in [0.25, 0.3) is 0 Å². The van der Waals surface area contributed by atoms with Gasteiger partial charge in [-0.15, -0.1) is 0 Å². The van der Waals surface area contributed by atoms with Crippen molar-refractivity contribution in [2.75, 3.05) is 33.4 Å². The van der Waals surface area contributed by atoms with Gasteiger partial charge in [-0.1, -0.05) is 27.7 Å². The lowest BCUT2D eigenvalue weighted by atomic mass is 9.96. The Morgan fingerprint density at radius 1 is 1.15 bits per heavy atom. The monoisotopic (exact) mass is 187 g/mol. The van der Waals surface area contributed by atoms with Crippen LogP contribution in [0.3, 0.4) is 0 Å². The molecule has 0 aliphatic heterocycles. The number of methoxy groups -OCH3 is 1. The fraction of sp³-hybridized carbons (Fsp3) is 1.00. The van der Waals surface area contributed by atoms with Crippen molar-refractivity contribution in [2.24, 2.45) is 5.41 Å². The van der Waals surface area contributed by atoms with Crippen molar-refractivity contribution in [2.45, 2.75) is 34.1 Å². The zero-order chi connectivity index (χ0) is 10.3. The van der Waals surface area contributed by atoms with E-state index in [9.17, 15) is 0 Å². The highest BCUT2D eigenvalue weighted by molar-refractivity contribution is 4.68. The molecule has 0 spiro atoms. The lowest BCUT2D eigenvalue weighted by Gasteiger charge is -2.29. The maximum atomic E-state index is 5.09. The van der Waals surface area contributed by atoms with Crippen LogP contribution >= 0.6 is 0 Å². The van der Waals surface area contributed by atoms with Gasteiger partial charge in [0.2, 0.25) is 0 Å². The van der Waals surface area contributed by atoms with Crippen LogP contribution in [-0.2, 0) is 4.74 Å². The first-order chi connectivity index (χ1) is 5.99. The molecule has 2 heteroatoms. The van der Waals surface area contributed by atoms with E-state index in [1.807, 2.05) is 0 Å². The molecular formula is C11H25NO. The Morgan fingerprint density at radius 2 is 1.77 bits per heavy atom. The molecule has 0 heterocycles. The minimum Gasteiger partial charge on any atom is -0.383 e. The molecule has 0 amide bonds. The van der Waals surface area contributed by atoms with Gasteiger partial charge in [-0.25, -0.2) is 0 Å². The summed E-state index contributed by atoms with van der Waals surface area (Å²) in [5.74, 6) is 0. The van der Waals surface area contributed by atoms with E-state index < -0.39 is 0 Å². The van der Waals surface area contributed by atoms with E-state index in [2.05, 4.69) is 32.6 Å². The van der Waals surface area contributed by atoms with E-state index >= 15 is 0 Å². The first kappa shape index (κ1) is 12.9. The average molecular weight is 187 g/mol. The van der Waals surface area contributed by atoms with Crippen LogP contribution in [0.1, 0.15) is 34.1 Å². The molecule has 0 fully saturated rings. The first-order valence-electron chi connectivity index (χ1n) is 5.21. The summed E-state index contributed by atoms with van der Waals surface area (Å²) in [6, 6.07) is 0. The second-order valence-corrected chi connectivity index (χ2v) is 4.83. The van der Waals surface area contributed by atoms with Gasteiger partial charge in [0.1, 0.15) is 0 Å². The summed E-state index contributed by atoms with van der Waals surface area (Å²) in [5, 5.41) is 0. The maximum Gasteiger partial charge on any atom is 0.0589 e. The van der Waals surface area contributed by atoms with Crippen LogP contribution < -0.4 is 0 Å². The van der Waals surface area contributed by atoms with Gasteiger partial charge in [-0.2, -0.15) is 0 Å². The summed E-state index contributed by atoms with van der Waals surface area (Å²) in [7, 11) is 1.77. The van der Waals surface area contributed by atoms with Crippen LogP contribution in [-0.4, -0.2) is 38.3 Å². The number of hydrogen-bond acceptors (Lipinski definition) is 2. The highest BCUT2D eigenvalue weighted by Gasteiger charge is 2.15. The standard InChI is InChI=1S/C11H25NO/c1-6-7-12(8-9-13-5)10-11(2,3)4/h6-10H2,1-5H3. The smallest absolute Gasteiger partial charge is 0.0589 e. The summed E-state index contributed by atoms with van der Waals surface area (Å²) in [4.78, 5) is 2.48. The third kappa shape index (κ3) is 8.26. The first-order valence-corrected chi connectivity index (χ1v) is 5.21. The molecule has 0 radical (unpaired) electrons. The Labute approximate surface area is 83.3 Å². The molecule has 2 nitrogen and oxygen atoms in total. The SMILES string of the molecule is CCCN(CCOC)CC(C)(C)C. The Morgan fingerprint density at radius 3 is 2.15 bits per heavy atom. The molecule has 0 saturated heterocycles. The van der Waals surface area contributed by atoms with Crippen molar-refractivity contribution in [3.63, 3.8) is 0 Å². The molecular weight excluding hydrogens is 162 g/mol. The number of ether oxygens (including phenoxy) is 1. The van der Waals surface area contributed by atoms with Crippen LogP contribution in [0.15, 0.2) is 0 Å². The van der Waals surface area contributed by atoms with Gasteiger partial charge in [0.15, 0.2) is 0 Å². The van der Waals surface area contributed by atoms with Crippen LogP contribution in [0.2, 0.25) is 0 Å². The van der Waals surface area contributed by atoms with Gasteiger partial charge in [-0.05, 0) is 18.4 Å². The Balaban J connectivity index is 3.79. The third-order valence-corrected chi connectivity index (χ3v) is 1.85. The molecule has 80 valence electrons. The van der Waals surface area contributed by atoms with Gasteiger partial charge in [0.05, 0.1) is 6.61 Å². The quantitative estimate of drug-likeness (QED) is 0.633. The van der Waals surface area contributed by atoms with Crippen LogP contribution in [0, 0.1) is 5.41 Å². The third-order valence-electron chi connectivity index (χ3n) is 1.85. The van der Waals surface area contributed by atoms with E-state index in [4.69, 9.17) is 4.74 Å². The molecule has 0 aliphatic carbocycles. The molecule has 0 rings (SSSR count). The Kier molecular flexibility index (Phi) is 6.35. The lowest BCUT2D eigenvalue weighted by Crippen LogP contribution is -2.35. The van der Waals surface area contributed by atoms with E-state index in [0.29, 0.717) is 5.41 Å². The van der Waals surface area contributed by atoms with Crippen LogP contribution in [0.4, 0.5) is 0 Å². The fourth-order valence-electron chi connectivity index (χ4n) is 1.48. The largest absolute Gasteiger partial charge is 0.383 e. The van der Waals surface area contributed by atoms with Gasteiger partial charge in [0, 0.05) is 20.2 Å². The van der Waals surface area contributed by atoms with Crippen molar-refractivity contribution >= 4 is 0 Å².